The van der Waals surface area contributed by atoms with Crippen LogP contribution in [-0.2, 0) is 0 Å². The Bertz CT molecular complexity index is 3730. The Hall–Kier alpha value is -7.03. The Balaban J connectivity index is 1.28. The fourth-order valence-electron chi connectivity index (χ4n) is 14.2. The molecule has 4 heteroatoms. The highest BCUT2D eigenvalue weighted by molar-refractivity contribution is 7.01. The third-order valence-electron chi connectivity index (χ3n) is 17.8. The minimum Gasteiger partial charge on any atom is -0.458 e. The van der Waals surface area contributed by atoms with Gasteiger partial charge >= 0.3 is 0 Å². The average Bonchev–Trinajstić information content (AvgIpc) is 3.46. The lowest BCUT2D eigenvalue weighted by Gasteiger charge is -2.38. The van der Waals surface area contributed by atoms with Crippen molar-refractivity contribution in [1.29, 1.82) is 0 Å². The molecule has 0 bridgehead atoms. The van der Waals surface area contributed by atoms with Gasteiger partial charge in [-0.05, 0) is 204 Å². The third-order valence-corrected chi connectivity index (χ3v) is 17.8. The molecule has 0 unspecified atom stereocenters. The van der Waals surface area contributed by atoms with Crippen LogP contribution in [0.5, 0.6) is 23.0 Å². The lowest BCUT2D eigenvalue weighted by Crippen LogP contribution is -2.58. The van der Waals surface area contributed by atoms with E-state index in [9.17, 15) is 0 Å². The largest absolute Gasteiger partial charge is 0.458 e. The van der Waals surface area contributed by atoms with Crippen LogP contribution in [0.3, 0.4) is 0 Å². The minimum absolute atomic E-state index is 0.0121. The predicted octanol–water partition coefficient (Wildman–Crippen LogP) is 15.9. The zero-order chi connectivity index (χ0) is 50.9. The van der Waals surface area contributed by atoms with Crippen molar-refractivity contribution < 1.29 is 9.47 Å². The number of benzene rings is 10. The summed E-state index contributed by atoms with van der Waals surface area (Å²) in [5.41, 5.74) is 26.9. The van der Waals surface area contributed by atoms with E-state index in [2.05, 4.69) is 217 Å². The molecule has 0 saturated heterocycles. The van der Waals surface area contributed by atoms with Crippen LogP contribution in [0, 0.1) is 0 Å². The summed E-state index contributed by atoms with van der Waals surface area (Å²) in [6.07, 6.45) is 0. The maximum absolute atomic E-state index is 6.97. The fourth-order valence-corrected chi connectivity index (χ4v) is 14.2. The van der Waals surface area contributed by atoms with Crippen LogP contribution in [0.4, 0.5) is 0 Å². The van der Waals surface area contributed by atoms with E-state index in [0.717, 1.165) is 23.0 Å². The van der Waals surface area contributed by atoms with Gasteiger partial charge in [0.05, 0.1) is 0 Å². The van der Waals surface area contributed by atoms with Gasteiger partial charge < -0.3 is 9.47 Å². The Morgan fingerprint density at radius 3 is 1.00 bits per heavy atom. The topological polar surface area (TPSA) is 18.5 Å². The summed E-state index contributed by atoms with van der Waals surface area (Å²) in [6.45, 7) is 28.6. The molecule has 2 nitrogen and oxygen atoms in total. The van der Waals surface area contributed by atoms with Crippen molar-refractivity contribution in [2.75, 3.05) is 0 Å². The molecule has 14 rings (SSSR count). The Morgan fingerprint density at radius 1 is 0.297 bits per heavy atom. The number of hydrogen-bond acceptors (Lipinski definition) is 2. The molecule has 0 aromatic heterocycles. The maximum Gasteiger partial charge on any atom is 0.252 e. The van der Waals surface area contributed by atoms with Gasteiger partial charge in [0, 0.05) is 0 Å². The van der Waals surface area contributed by atoms with Crippen molar-refractivity contribution in [2.24, 2.45) is 0 Å². The fraction of sp³-hybridized carbons (Fsp3) is 0.257. The van der Waals surface area contributed by atoms with E-state index in [1.165, 1.54) is 143 Å². The van der Waals surface area contributed by atoms with E-state index in [-0.39, 0.29) is 13.4 Å². The highest BCUT2D eigenvalue weighted by atomic mass is 16.5. The van der Waals surface area contributed by atoms with Crippen molar-refractivity contribution in [2.45, 2.75) is 119 Å². The molecular formula is C70H64B2O2. The molecule has 0 atom stereocenters. The summed E-state index contributed by atoms with van der Waals surface area (Å²) in [6, 6.07) is 52.1. The molecule has 4 heterocycles. The van der Waals surface area contributed by atoms with Crippen molar-refractivity contribution >= 4 is 78.5 Å². The van der Waals surface area contributed by atoms with Gasteiger partial charge in [-0.15, -0.1) is 0 Å². The van der Waals surface area contributed by atoms with Gasteiger partial charge in [-0.25, -0.2) is 0 Å². The summed E-state index contributed by atoms with van der Waals surface area (Å²) in [5.74, 6) is 5.84. The van der Waals surface area contributed by atoms with E-state index in [1.807, 2.05) is 0 Å². The van der Waals surface area contributed by atoms with Crippen LogP contribution < -0.4 is 42.3 Å². The molecule has 0 fully saturated rings. The molecule has 0 aliphatic carbocycles. The smallest absolute Gasteiger partial charge is 0.252 e. The van der Waals surface area contributed by atoms with Gasteiger partial charge in [-0.2, -0.15) is 0 Å². The van der Waals surface area contributed by atoms with Crippen LogP contribution in [0.2, 0.25) is 0 Å². The molecule has 4 aliphatic rings. The summed E-state index contributed by atoms with van der Waals surface area (Å²) < 4.78 is 13.9. The standard InChI is InChI=1S/C70H64B2O2/c1-35(2)41-27-45(37(5)6)63(46(28-41)38(7)8)51-31-49-43-19-17-25-61-69(43)72(56-22-14-16-24-60(56)73-61)58-34-54-52(64-47(39(9)10)29-42(36(3)4)30-48(64)40(11)12)32-50-44-20-18-26-62-70(44)71(55-21-13-15-23-59(55)74-62)57-33-53(51)67(65(49)58)68(54)66(50)57/h13-40H,1-12H3. The van der Waals surface area contributed by atoms with Gasteiger partial charge in [0.25, 0.3) is 13.4 Å². The molecule has 10 aromatic rings. The lowest BCUT2D eigenvalue weighted by molar-refractivity contribution is 0.487. The van der Waals surface area contributed by atoms with E-state index in [4.69, 9.17) is 9.47 Å². The Kier molecular flexibility index (Phi) is 10.00. The number of para-hydroxylation sites is 2. The van der Waals surface area contributed by atoms with E-state index < -0.39 is 0 Å². The van der Waals surface area contributed by atoms with Gasteiger partial charge in [-0.1, -0.05) is 191 Å². The highest BCUT2D eigenvalue weighted by Gasteiger charge is 2.44. The molecule has 0 radical (unpaired) electrons. The van der Waals surface area contributed by atoms with Gasteiger partial charge in [0.15, 0.2) is 0 Å². The highest BCUT2D eigenvalue weighted by Crippen LogP contribution is 2.54. The van der Waals surface area contributed by atoms with Crippen LogP contribution in [0.25, 0.3) is 76.8 Å². The van der Waals surface area contributed by atoms with Crippen LogP contribution in [0.1, 0.15) is 152 Å². The van der Waals surface area contributed by atoms with Crippen molar-refractivity contribution in [3.63, 3.8) is 0 Å². The first-order chi connectivity index (χ1) is 35.7. The van der Waals surface area contributed by atoms with Gasteiger partial charge in [0.2, 0.25) is 0 Å². The van der Waals surface area contributed by atoms with Crippen molar-refractivity contribution in [1.82, 2.24) is 0 Å². The minimum atomic E-state index is -0.0121. The quantitative estimate of drug-likeness (QED) is 0.112. The summed E-state index contributed by atoms with van der Waals surface area (Å²) >= 11 is 0. The Morgan fingerprint density at radius 2 is 0.649 bits per heavy atom. The zero-order valence-corrected chi connectivity index (χ0v) is 45.1. The maximum atomic E-state index is 6.97. The summed E-state index contributed by atoms with van der Waals surface area (Å²) in [4.78, 5) is 0. The second-order valence-electron chi connectivity index (χ2n) is 24.1. The first-order valence-electron chi connectivity index (χ1n) is 27.7. The van der Waals surface area contributed by atoms with E-state index >= 15 is 0 Å². The van der Waals surface area contributed by atoms with Crippen LogP contribution in [0.15, 0.2) is 133 Å². The Labute approximate surface area is 438 Å². The molecule has 0 N–H and O–H groups in total. The summed E-state index contributed by atoms with van der Waals surface area (Å²) in [5, 5.41) is 8.22. The molecule has 0 amide bonds. The SMILES string of the molecule is CC(C)c1cc(C(C)C)c(-c2cc3c4c(cc5c(-c6c(C(C)C)cc(C(C)C)cc6C(C)C)cc6c7c(cc2c4c57)B2c4ccccc4Oc4cccc-6c42)B2c4ccccc4Oc4cccc-3c42)c(C(C)C)c1. The predicted molar refractivity (Wildman–Crippen MR) is 319 cm³/mol. The first kappa shape index (κ1) is 45.6. The second-order valence-corrected chi connectivity index (χ2v) is 24.1. The number of hydrogen-bond donors (Lipinski definition) is 0. The zero-order valence-electron chi connectivity index (χ0n) is 45.1. The van der Waals surface area contributed by atoms with Gasteiger partial charge in [-0.3, -0.25) is 0 Å². The second kappa shape index (κ2) is 16.2. The monoisotopic (exact) mass is 959 g/mol. The van der Waals surface area contributed by atoms with Gasteiger partial charge in [0.1, 0.15) is 23.0 Å². The van der Waals surface area contributed by atoms with E-state index in [0.29, 0.717) is 35.5 Å². The first-order valence-corrected chi connectivity index (χ1v) is 27.7. The molecule has 74 heavy (non-hydrogen) atoms. The molecule has 362 valence electrons. The lowest BCUT2D eigenvalue weighted by atomic mass is 9.32. The molecular weight excluding hydrogens is 894 g/mol. The molecule has 0 spiro atoms. The average molecular weight is 959 g/mol. The van der Waals surface area contributed by atoms with Crippen molar-refractivity contribution in [3.8, 4) is 67.5 Å². The molecule has 10 aromatic carbocycles. The third kappa shape index (κ3) is 6.21. The number of ether oxygens (including phenoxy) is 2. The number of rotatable bonds is 8. The number of fused-ring (bicyclic) bond motifs is 8. The van der Waals surface area contributed by atoms with Crippen molar-refractivity contribution in [3.05, 3.63) is 167 Å². The molecule has 4 aliphatic heterocycles. The van der Waals surface area contributed by atoms with Crippen LogP contribution in [-0.4, -0.2) is 13.4 Å². The summed E-state index contributed by atoms with van der Waals surface area (Å²) in [7, 11) is 0. The van der Waals surface area contributed by atoms with Crippen LogP contribution >= 0.6 is 0 Å². The van der Waals surface area contributed by atoms with E-state index in [1.54, 1.807) is 0 Å². The normalized spacial score (nSPS) is 13.8. The molecule has 0 saturated carbocycles.